The fraction of sp³-hybridized carbons (Fsp3) is 0.500. The Morgan fingerprint density at radius 1 is 1.38 bits per heavy atom. The first kappa shape index (κ1) is 11.9. The molecule has 1 atom stereocenters. The van der Waals surface area contributed by atoms with Gasteiger partial charge in [-0.3, -0.25) is 0 Å². The smallest absolute Gasteiger partial charge is 0.143 e. The van der Waals surface area contributed by atoms with Crippen LogP contribution in [0.5, 0.6) is 0 Å². The Labute approximate surface area is 98.6 Å². The highest BCUT2D eigenvalue weighted by Crippen LogP contribution is 2.32. The monoisotopic (exact) mass is 243 g/mol. The zero-order valence-electron chi connectivity index (χ0n) is 9.22. The third-order valence-electron chi connectivity index (χ3n) is 3.02. The summed E-state index contributed by atoms with van der Waals surface area (Å²) >= 11 is 1.13. The van der Waals surface area contributed by atoms with Gasteiger partial charge < -0.3 is 5.32 Å². The second kappa shape index (κ2) is 5.15. The van der Waals surface area contributed by atoms with Gasteiger partial charge in [-0.1, -0.05) is 6.07 Å². The average Bonchev–Trinajstić information content (AvgIpc) is 2.31. The maximum Gasteiger partial charge on any atom is 0.143 e. The quantitative estimate of drug-likeness (QED) is 0.801. The summed E-state index contributed by atoms with van der Waals surface area (Å²) in [6.07, 6.45) is 3.73. The van der Waals surface area contributed by atoms with Crippen molar-refractivity contribution in [3.8, 4) is 0 Å². The molecule has 1 nitrogen and oxygen atoms in total. The Bertz CT molecular complexity index is 376. The van der Waals surface area contributed by atoms with Crippen LogP contribution in [-0.2, 0) is 0 Å². The third kappa shape index (κ3) is 2.23. The van der Waals surface area contributed by atoms with E-state index in [-0.39, 0.29) is 16.6 Å². The first-order valence-electron chi connectivity index (χ1n) is 5.46. The average molecular weight is 243 g/mol. The van der Waals surface area contributed by atoms with Crippen LogP contribution in [-0.4, -0.2) is 19.3 Å². The van der Waals surface area contributed by atoms with E-state index in [1.54, 1.807) is 12.3 Å². The Hall–Kier alpha value is -0.610. The molecular formula is C12H15F2NS. The standard InChI is InChI=1S/C12H15F2NS/c1-16-12-10(13)5-4-9(11(12)14)8-3-2-6-15-7-8/h4-5,8,15H,2-3,6-7H2,1H3. The van der Waals surface area contributed by atoms with E-state index in [0.29, 0.717) is 5.56 Å². The summed E-state index contributed by atoms with van der Waals surface area (Å²) in [4.78, 5) is 0.142. The van der Waals surface area contributed by atoms with Crippen LogP contribution in [0.4, 0.5) is 8.78 Å². The Balaban J connectivity index is 2.33. The molecule has 2 rings (SSSR count). The summed E-state index contributed by atoms with van der Waals surface area (Å²) < 4.78 is 27.4. The van der Waals surface area contributed by atoms with Gasteiger partial charge in [0.25, 0.3) is 0 Å². The highest BCUT2D eigenvalue weighted by Gasteiger charge is 2.21. The lowest BCUT2D eigenvalue weighted by Crippen LogP contribution is -2.29. The number of hydrogen-bond donors (Lipinski definition) is 1. The van der Waals surface area contributed by atoms with Crippen molar-refractivity contribution in [1.29, 1.82) is 0 Å². The lowest BCUT2D eigenvalue weighted by molar-refractivity contribution is 0.437. The van der Waals surface area contributed by atoms with Crippen molar-refractivity contribution >= 4 is 11.8 Å². The first-order chi connectivity index (χ1) is 7.74. The molecular weight excluding hydrogens is 228 g/mol. The van der Waals surface area contributed by atoms with Gasteiger partial charge in [-0.2, -0.15) is 0 Å². The predicted octanol–water partition coefficient (Wildman–Crippen LogP) is 3.15. The van der Waals surface area contributed by atoms with Gasteiger partial charge in [0, 0.05) is 6.54 Å². The molecule has 0 spiro atoms. The van der Waals surface area contributed by atoms with E-state index in [2.05, 4.69) is 5.32 Å². The minimum atomic E-state index is -0.461. The molecule has 1 aliphatic heterocycles. The fourth-order valence-electron chi connectivity index (χ4n) is 2.17. The van der Waals surface area contributed by atoms with Crippen LogP contribution in [0.2, 0.25) is 0 Å². The molecule has 0 saturated carbocycles. The molecule has 1 heterocycles. The van der Waals surface area contributed by atoms with Gasteiger partial charge >= 0.3 is 0 Å². The number of nitrogens with one attached hydrogen (secondary N) is 1. The zero-order valence-corrected chi connectivity index (χ0v) is 10.0. The summed E-state index contributed by atoms with van der Waals surface area (Å²) in [6, 6.07) is 2.96. The van der Waals surface area contributed by atoms with E-state index in [4.69, 9.17) is 0 Å². The molecule has 88 valence electrons. The van der Waals surface area contributed by atoms with Crippen molar-refractivity contribution < 1.29 is 8.78 Å². The van der Waals surface area contributed by atoms with Crippen molar-refractivity contribution in [2.45, 2.75) is 23.7 Å². The number of halogens is 2. The van der Waals surface area contributed by atoms with E-state index in [9.17, 15) is 8.78 Å². The Morgan fingerprint density at radius 3 is 2.81 bits per heavy atom. The maximum atomic E-state index is 14.0. The molecule has 1 aromatic rings. The second-order valence-electron chi connectivity index (χ2n) is 4.03. The number of hydrogen-bond acceptors (Lipinski definition) is 2. The van der Waals surface area contributed by atoms with E-state index in [0.717, 1.165) is 37.7 Å². The van der Waals surface area contributed by atoms with Crippen molar-refractivity contribution in [3.63, 3.8) is 0 Å². The third-order valence-corrected chi connectivity index (χ3v) is 3.80. The van der Waals surface area contributed by atoms with Crippen LogP contribution in [0.1, 0.15) is 24.3 Å². The summed E-state index contributed by atoms with van der Waals surface area (Å²) in [5.74, 6) is -0.654. The highest BCUT2D eigenvalue weighted by molar-refractivity contribution is 7.98. The van der Waals surface area contributed by atoms with Gasteiger partial charge in [0.1, 0.15) is 11.6 Å². The minimum absolute atomic E-state index is 0.142. The van der Waals surface area contributed by atoms with Gasteiger partial charge in [-0.15, -0.1) is 11.8 Å². The molecule has 1 aromatic carbocycles. The van der Waals surface area contributed by atoms with Crippen molar-refractivity contribution in [2.75, 3.05) is 19.3 Å². The van der Waals surface area contributed by atoms with Crippen molar-refractivity contribution in [1.82, 2.24) is 5.32 Å². The molecule has 1 unspecified atom stereocenters. The van der Waals surface area contributed by atoms with E-state index >= 15 is 0 Å². The molecule has 1 N–H and O–H groups in total. The number of thioether (sulfide) groups is 1. The summed E-state index contributed by atoms with van der Waals surface area (Å²) in [5, 5.41) is 3.25. The van der Waals surface area contributed by atoms with Gasteiger partial charge in [0.2, 0.25) is 0 Å². The number of piperidine rings is 1. The zero-order chi connectivity index (χ0) is 11.5. The molecule has 0 radical (unpaired) electrons. The topological polar surface area (TPSA) is 12.0 Å². The lowest BCUT2D eigenvalue weighted by atomic mass is 9.91. The van der Waals surface area contributed by atoms with Crippen LogP contribution in [0.15, 0.2) is 17.0 Å². The SMILES string of the molecule is CSc1c(F)ccc(C2CCCNC2)c1F. The normalized spacial score (nSPS) is 21.1. The maximum absolute atomic E-state index is 14.0. The van der Waals surface area contributed by atoms with E-state index in [1.807, 2.05) is 0 Å². The summed E-state index contributed by atoms with van der Waals surface area (Å²) in [6.45, 7) is 1.78. The number of benzene rings is 1. The molecule has 1 fully saturated rings. The molecule has 0 aliphatic carbocycles. The fourth-order valence-corrected chi connectivity index (χ4v) is 2.73. The van der Waals surface area contributed by atoms with E-state index in [1.165, 1.54) is 6.07 Å². The predicted molar refractivity (Wildman–Crippen MR) is 63.0 cm³/mol. The Morgan fingerprint density at radius 2 is 2.19 bits per heavy atom. The van der Waals surface area contributed by atoms with Crippen LogP contribution in [0.3, 0.4) is 0 Å². The molecule has 1 saturated heterocycles. The molecule has 0 bridgehead atoms. The largest absolute Gasteiger partial charge is 0.316 e. The van der Waals surface area contributed by atoms with Crippen LogP contribution in [0, 0.1) is 11.6 Å². The second-order valence-corrected chi connectivity index (χ2v) is 4.84. The molecule has 4 heteroatoms. The summed E-state index contributed by atoms with van der Waals surface area (Å²) in [5.41, 5.74) is 0.651. The summed E-state index contributed by atoms with van der Waals surface area (Å²) in [7, 11) is 0. The van der Waals surface area contributed by atoms with Crippen LogP contribution >= 0.6 is 11.8 Å². The first-order valence-corrected chi connectivity index (χ1v) is 6.69. The lowest BCUT2D eigenvalue weighted by Gasteiger charge is -2.24. The van der Waals surface area contributed by atoms with Crippen molar-refractivity contribution in [3.05, 3.63) is 29.3 Å². The Kier molecular flexibility index (Phi) is 3.82. The van der Waals surface area contributed by atoms with Gasteiger partial charge in [0.15, 0.2) is 0 Å². The van der Waals surface area contributed by atoms with Crippen molar-refractivity contribution in [2.24, 2.45) is 0 Å². The van der Waals surface area contributed by atoms with Gasteiger partial charge in [-0.25, -0.2) is 8.78 Å². The van der Waals surface area contributed by atoms with E-state index < -0.39 is 5.82 Å². The molecule has 1 aliphatic rings. The highest BCUT2D eigenvalue weighted by atomic mass is 32.2. The molecule has 0 amide bonds. The molecule has 0 aromatic heterocycles. The van der Waals surface area contributed by atoms with Gasteiger partial charge in [-0.05, 0) is 43.2 Å². The minimum Gasteiger partial charge on any atom is -0.316 e. The number of rotatable bonds is 2. The van der Waals surface area contributed by atoms with Gasteiger partial charge in [0.05, 0.1) is 4.90 Å². The van der Waals surface area contributed by atoms with Crippen LogP contribution < -0.4 is 5.32 Å². The van der Waals surface area contributed by atoms with Crippen LogP contribution in [0.25, 0.3) is 0 Å². The molecule has 16 heavy (non-hydrogen) atoms.